The molecule has 2 aromatic carbocycles. The number of carbonyl (C=O) groups is 2. The minimum absolute atomic E-state index is 0.0341. The largest absolute Gasteiger partial charge is 0.507 e. The van der Waals surface area contributed by atoms with Gasteiger partial charge in [-0.25, -0.2) is 4.39 Å². The van der Waals surface area contributed by atoms with Crippen molar-refractivity contribution in [2.24, 2.45) is 0 Å². The van der Waals surface area contributed by atoms with E-state index in [2.05, 4.69) is 0 Å². The third-order valence-electron chi connectivity index (χ3n) is 5.40. The maximum absolute atomic E-state index is 13.1. The number of allylic oxidation sites excluding steroid dienone is 1. The number of ether oxygens (including phenoxy) is 1. The Morgan fingerprint density at radius 1 is 1.34 bits per heavy atom. The lowest BCUT2D eigenvalue weighted by molar-refractivity contribution is -0.142. The molecule has 2 heterocycles. The van der Waals surface area contributed by atoms with E-state index in [0.29, 0.717) is 35.2 Å². The van der Waals surface area contributed by atoms with E-state index in [9.17, 15) is 24.2 Å². The van der Waals surface area contributed by atoms with Crippen LogP contribution >= 0.6 is 0 Å². The second-order valence-electron chi connectivity index (χ2n) is 7.35. The summed E-state index contributed by atoms with van der Waals surface area (Å²) < 4.78 is 19.0. The summed E-state index contributed by atoms with van der Waals surface area (Å²) in [7, 11) is 0. The number of aliphatic carboxylic acids is 1. The van der Waals surface area contributed by atoms with Crippen molar-refractivity contribution >= 4 is 17.8 Å². The van der Waals surface area contributed by atoms with Crippen LogP contribution in [-0.2, 0) is 11.3 Å². The molecule has 1 fully saturated rings. The van der Waals surface area contributed by atoms with Gasteiger partial charge in [-0.1, -0.05) is 12.1 Å². The van der Waals surface area contributed by atoms with Gasteiger partial charge in [0.25, 0.3) is 0 Å². The second-order valence-corrected chi connectivity index (χ2v) is 7.35. The molecular formula is C22H20FNO5. The number of nitrogens with zero attached hydrogens (tertiary/aromatic N) is 1. The Morgan fingerprint density at radius 3 is 2.76 bits per heavy atom. The summed E-state index contributed by atoms with van der Waals surface area (Å²) in [5.74, 6) is -1.29. The summed E-state index contributed by atoms with van der Waals surface area (Å²) in [6, 6.07) is 6.53. The fourth-order valence-corrected chi connectivity index (χ4v) is 3.94. The minimum Gasteiger partial charge on any atom is -0.507 e. The van der Waals surface area contributed by atoms with Crippen LogP contribution in [0.1, 0.15) is 39.9 Å². The third-order valence-corrected chi connectivity index (χ3v) is 5.40. The van der Waals surface area contributed by atoms with Crippen LogP contribution in [0.25, 0.3) is 6.08 Å². The Hall–Kier alpha value is -3.19. The highest BCUT2D eigenvalue weighted by atomic mass is 19.1. The Kier molecular flexibility index (Phi) is 4.84. The highest BCUT2D eigenvalue weighted by Crippen LogP contribution is 2.43. The molecule has 0 bridgehead atoms. The van der Waals surface area contributed by atoms with Gasteiger partial charge in [0.2, 0.25) is 5.78 Å². The predicted octanol–water partition coefficient (Wildman–Crippen LogP) is 3.50. The van der Waals surface area contributed by atoms with Crippen molar-refractivity contribution < 1.29 is 28.9 Å². The molecule has 2 aliphatic rings. The molecule has 4 rings (SSSR count). The average Bonchev–Trinajstić information content (AvgIpc) is 3.26. The zero-order valence-electron chi connectivity index (χ0n) is 15.8. The van der Waals surface area contributed by atoms with Gasteiger partial charge in [-0.2, -0.15) is 0 Å². The molecule has 150 valence electrons. The standard InChI is InChI=1S/C22H20FNO5/c1-12-9-17(25)15(11-24-8-2-3-16(24)22(27)28)21-19(12)20(26)18(29-21)10-13-4-6-14(23)7-5-13/h4-7,9-10,16,25H,2-3,8,11H2,1H3,(H,27,28). The van der Waals surface area contributed by atoms with Gasteiger partial charge in [0.1, 0.15) is 23.4 Å². The molecule has 7 heteroatoms. The monoisotopic (exact) mass is 397 g/mol. The molecule has 0 radical (unpaired) electrons. The number of phenolic OH excluding ortho intramolecular Hbond substituents is 1. The van der Waals surface area contributed by atoms with Gasteiger partial charge < -0.3 is 14.9 Å². The summed E-state index contributed by atoms with van der Waals surface area (Å²) in [6.45, 7) is 2.47. The fraction of sp³-hybridized carbons (Fsp3) is 0.273. The summed E-state index contributed by atoms with van der Waals surface area (Å²) in [6.07, 6.45) is 2.82. The maximum atomic E-state index is 13.1. The smallest absolute Gasteiger partial charge is 0.320 e. The maximum Gasteiger partial charge on any atom is 0.320 e. The molecule has 1 atom stereocenters. The van der Waals surface area contributed by atoms with Crippen LogP contribution in [0, 0.1) is 12.7 Å². The summed E-state index contributed by atoms with van der Waals surface area (Å²) in [5.41, 5.74) is 1.94. The highest BCUT2D eigenvalue weighted by Gasteiger charge is 2.36. The van der Waals surface area contributed by atoms with Crippen molar-refractivity contribution in [3.63, 3.8) is 0 Å². The number of fused-ring (bicyclic) bond motifs is 1. The second kappa shape index (κ2) is 7.33. The van der Waals surface area contributed by atoms with Crippen LogP contribution in [0.2, 0.25) is 0 Å². The number of aromatic hydroxyl groups is 1. The van der Waals surface area contributed by atoms with Gasteiger partial charge in [-0.05, 0) is 61.7 Å². The molecule has 0 saturated carbocycles. The zero-order chi connectivity index (χ0) is 20.7. The number of carboxylic acid groups (broad SMARTS) is 1. The molecule has 29 heavy (non-hydrogen) atoms. The van der Waals surface area contributed by atoms with Gasteiger partial charge in [-0.3, -0.25) is 14.5 Å². The quantitative estimate of drug-likeness (QED) is 0.768. The molecule has 1 unspecified atom stereocenters. The molecule has 2 N–H and O–H groups in total. The molecule has 0 amide bonds. The first-order valence-electron chi connectivity index (χ1n) is 9.37. The van der Waals surface area contributed by atoms with Gasteiger partial charge in [0.15, 0.2) is 5.76 Å². The number of phenols is 1. The normalized spacial score (nSPS) is 20.1. The average molecular weight is 397 g/mol. The molecule has 0 aromatic heterocycles. The molecule has 1 saturated heterocycles. The third kappa shape index (κ3) is 3.49. The lowest BCUT2D eigenvalue weighted by atomic mass is 9.99. The fourth-order valence-electron chi connectivity index (χ4n) is 3.94. The van der Waals surface area contributed by atoms with Crippen molar-refractivity contribution in [1.82, 2.24) is 4.90 Å². The van der Waals surface area contributed by atoms with Crippen molar-refractivity contribution in [3.8, 4) is 11.5 Å². The lowest BCUT2D eigenvalue weighted by Gasteiger charge is -2.22. The number of ketones is 1. The molecular weight excluding hydrogens is 377 g/mol. The van der Waals surface area contributed by atoms with Crippen LogP contribution < -0.4 is 4.74 Å². The SMILES string of the molecule is Cc1cc(O)c(CN2CCCC2C(=O)O)c2c1C(=O)C(=Cc1ccc(F)cc1)O2. The first-order valence-corrected chi connectivity index (χ1v) is 9.37. The van der Waals surface area contributed by atoms with Crippen molar-refractivity contribution in [2.45, 2.75) is 32.4 Å². The summed E-state index contributed by atoms with van der Waals surface area (Å²) in [5, 5.41) is 19.9. The first kappa shape index (κ1) is 19.1. The van der Waals surface area contributed by atoms with Crippen LogP contribution in [-0.4, -0.2) is 39.5 Å². The van der Waals surface area contributed by atoms with Crippen molar-refractivity contribution in [3.05, 3.63) is 64.2 Å². The Labute approximate surface area is 166 Å². The van der Waals surface area contributed by atoms with Gasteiger partial charge >= 0.3 is 5.97 Å². The van der Waals surface area contributed by atoms with Gasteiger partial charge in [0.05, 0.1) is 11.1 Å². The van der Waals surface area contributed by atoms with Crippen molar-refractivity contribution in [1.29, 1.82) is 0 Å². The number of carboxylic acids is 1. The molecule has 6 nitrogen and oxygen atoms in total. The molecule has 0 spiro atoms. The Balaban J connectivity index is 1.71. The number of benzene rings is 2. The van der Waals surface area contributed by atoms with E-state index < -0.39 is 12.0 Å². The Bertz CT molecular complexity index is 1030. The number of carbonyl (C=O) groups excluding carboxylic acids is 1. The predicted molar refractivity (Wildman–Crippen MR) is 103 cm³/mol. The van der Waals surface area contributed by atoms with Crippen LogP contribution in [0.5, 0.6) is 11.5 Å². The zero-order valence-corrected chi connectivity index (χ0v) is 15.8. The molecule has 0 aliphatic carbocycles. The van der Waals surface area contributed by atoms with Gasteiger partial charge in [0, 0.05) is 6.54 Å². The van der Waals surface area contributed by atoms with Crippen LogP contribution in [0.3, 0.4) is 0 Å². The van der Waals surface area contributed by atoms with E-state index >= 15 is 0 Å². The van der Waals surface area contributed by atoms with Gasteiger partial charge in [-0.15, -0.1) is 0 Å². The van der Waals surface area contributed by atoms with E-state index in [1.165, 1.54) is 36.4 Å². The van der Waals surface area contributed by atoms with E-state index in [1.54, 1.807) is 11.8 Å². The Morgan fingerprint density at radius 2 is 2.07 bits per heavy atom. The molecule has 2 aromatic rings. The number of halogens is 1. The highest BCUT2D eigenvalue weighted by molar-refractivity contribution is 6.15. The summed E-state index contributed by atoms with van der Waals surface area (Å²) >= 11 is 0. The van der Waals surface area contributed by atoms with Crippen molar-refractivity contribution in [2.75, 3.05) is 6.54 Å². The van der Waals surface area contributed by atoms with E-state index in [4.69, 9.17) is 4.74 Å². The van der Waals surface area contributed by atoms with E-state index in [1.807, 2.05) is 0 Å². The first-order chi connectivity index (χ1) is 13.8. The number of Topliss-reactive ketones (excluding diaryl/α,β-unsaturated/α-hetero) is 1. The van der Waals surface area contributed by atoms with Crippen LogP contribution in [0.15, 0.2) is 36.1 Å². The molecule has 2 aliphatic heterocycles. The number of aryl methyl sites for hydroxylation is 1. The number of hydrogen-bond acceptors (Lipinski definition) is 5. The number of hydrogen-bond donors (Lipinski definition) is 2. The topological polar surface area (TPSA) is 87.1 Å². The number of rotatable bonds is 4. The number of likely N-dealkylation sites (tertiary alicyclic amines) is 1. The van der Waals surface area contributed by atoms with E-state index in [0.717, 1.165) is 6.42 Å². The summed E-state index contributed by atoms with van der Waals surface area (Å²) in [4.78, 5) is 26.2. The lowest BCUT2D eigenvalue weighted by Crippen LogP contribution is -2.35. The van der Waals surface area contributed by atoms with E-state index in [-0.39, 0.29) is 35.4 Å². The van der Waals surface area contributed by atoms with Crippen LogP contribution in [0.4, 0.5) is 4.39 Å². The minimum atomic E-state index is -0.903.